The van der Waals surface area contributed by atoms with Gasteiger partial charge in [0.15, 0.2) is 0 Å². The Kier molecular flexibility index (Phi) is 18.7. The number of esters is 3. The fourth-order valence-corrected chi connectivity index (χ4v) is 4.28. The molecule has 220 valence electrons. The molecule has 0 aromatic rings. The Hall–Kier alpha value is -2.20. The zero-order valence-electron chi connectivity index (χ0n) is 23.6. The van der Waals surface area contributed by atoms with Gasteiger partial charge >= 0.3 is 17.9 Å². The number of carbonyl (C=O) groups is 3. The monoisotopic (exact) mass is 560 g/mol. The Bertz CT molecular complexity index is 832. The summed E-state index contributed by atoms with van der Waals surface area (Å²) in [6.07, 6.45) is 10.4. The summed E-state index contributed by atoms with van der Waals surface area (Å²) in [6, 6.07) is 0. The smallest absolute Gasteiger partial charge is 0.333 e. The lowest BCUT2D eigenvalue weighted by Gasteiger charge is -2.30. The summed E-state index contributed by atoms with van der Waals surface area (Å²) in [5.74, 6) is -2.01. The Balaban J connectivity index is 4.90. The molecule has 0 atom stereocenters. The molecule has 0 aromatic heterocycles. The normalized spacial score (nSPS) is 11.6. The zero-order chi connectivity index (χ0) is 29.0. The molecule has 0 aliphatic rings. The maximum absolute atomic E-state index is 13.3. The van der Waals surface area contributed by atoms with Crippen molar-refractivity contribution in [2.24, 2.45) is 5.41 Å². The van der Waals surface area contributed by atoms with Crippen LogP contribution in [-0.2, 0) is 38.7 Å². The third-order valence-corrected chi connectivity index (χ3v) is 6.93. The fourth-order valence-electron chi connectivity index (χ4n) is 3.72. The second-order valence-electron chi connectivity index (χ2n) is 10.1. The first-order valence-corrected chi connectivity index (χ1v) is 15.2. The molecule has 0 saturated heterocycles. The van der Waals surface area contributed by atoms with Gasteiger partial charge in [0.2, 0.25) is 0 Å². The van der Waals surface area contributed by atoms with Gasteiger partial charge in [0.1, 0.15) is 18.6 Å². The fraction of sp³-hybridized carbons (Fsp3) is 0.750. The van der Waals surface area contributed by atoms with Gasteiger partial charge in [-0.05, 0) is 33.1 Å². The van der Waals surface area contributed by atoms with Crippen molar-refractivity contribution in [3.05, 3.63) is 24.3 Å². The Morgan fingerprint density at radius 1 is 0.711 bits per heavy atom. The molecule has 0 spiro atoms. The summed E-state index contributed by atoms with van der Waals surface area (Å²) in [5.41, 5.74) is -0.905. The lowest BCUT2D eigenvalue weighted by Crippen LogP contribution is -2.43. The summed E-state index contributed by atoms with van der Waals surface area (Å²) in [5, 5.41) is 0. The number of carbonyl (C=O) groups excluding carboxylic acids is 3. The summed E-state index contributed by atoms with van der Waals surface area (Å²) >= 11 is 0. The highest BCUT2D eigenvalue weighted by atomic mass is 32.2. The Labute approximate surface area is 229 Å². The van der Waals surface area contributed by atoms with E-state index in [2.05, 4.69) is 20.1 Å². The molecule has 0 unspecified atom stereocenters. The molecular formula is C28H48O9S. The zero-order valence-corrected chi connectivity index (χ0v) is 24.4. The number of hydrogen-bond donors (Lipinski definition) is 1. The summed E-state index contributed by atoms with van der Waals surface area (Å²) < 4.78 is 46.5. The minimum Gasteiger partial charge on any atom is -0.465 e. The van der Waals surface area contributed by atoms with Gasteiger partial charge in [-0.2, -0.15) is 8.42 Å². The van der Waals surface area contributed by atoms with E-state index in [4.69, 9.17) is 18.8 Å². The van der Waals surface area contributed by atoms with Crippen LogP contribution in [0.5, 0.6) is 0 Å². The summed E-state index contributed by atoms with van der Waals surface area (Å²) in [4.78, 5) is 37.5. The third kappa shape index (κ3) is 17.3. The molecule has 0 aliphatic heterocycles. The largest absolute Gasteiger partial charge is 0.465 e. The first-order valence-electron chi connectivity index (χ1n) is 13.6. The van der Waals surface area contributed by atoms with Gasteiger partial charge in [-0.25, -0.2) is 9.59 Å². The second-order valence-corrected chi connectivity index (χ2v) is 11.6. The van der Waals surface area contributed by atoms with Crippen molar-refractivity contribution in [1.82, 2.24) is 0 Å². The van der Waals surface area contributed by atoms with Gasteiger partial charge in [0.05, 0.1) is 12.4 Å². The van der Waals surface area contributed by atoms with Gasteiger partial charge in [0.25, 0.3) is 10.1 Å². The molecule has 0 heterocycles. The van der Waals surface area contributed by atoms with Crippen molar-refractivity contribution >= 4 is 28.0 Å². The van der Waals surface area contributed by atoms with Crippen molar-refractivity contribution in [3.8, 4) is 0 Å². The molecule has 0 aliphatic carbocycles. The van der Waals surface area contributed by atoms with E-state index >= 15 is 0 Å². The van der Waals surface area contributed by atoms with Crippen LogP contribution in [0.3, 0.4) is 0 Å². The molecule has 0 bridgehead atoms. The number of ether oxygens (including phenoxy) is 3. The van der Waals surface area contributed by atoms with Crippen LogP contribution in [0.2, 0.25) is 0 Å². The topological polar surface area (TPSA) is 133 Å². The Morgan fingerprint density at radius 3 is 1.61 bits per heavy atom. The lowest BCUT2D eigenvalue weighted by atomic mass is 9.83. The number of hydrogen-bond acceptors (Lipinski definition) is 8. The number of rotatable bonds is 23. The van der Waals surface area contributed by atoms with Crippen LogP contribution in [0.4, 0.5) is 0 Å². The van der Waals surface area contributed by atoms with E-state index in [1.807, 2.05) is 0 Å². The van der Waals surface area contributed by atoms with Gasteiger partial charge in [0, 0.05) is 11.1 Å². The van der Waals surface area contributed by atoms with E-state index in [9.17, 15) is 22.8 Å². The summed E-state index contributed by atoms with van der Waals surface area (Å²) in [7, 11) is -3.88. The highest BCUT2D eigenvalue weighted by Gasteiger charge is 2.43. The Morgan fingerprint density at radius 2 is 1.16 bits per heavy atom. The quantitative estimate of drug-likeness (QED) is 0.0546. The molecule has 0 rings (SSSR count). The molecule has 0 radical (unpaired) electrons. The van der Waals surface area contributed by atoms with Crippen LogP contribution in [0.1, 0.15) is 104 Å². The molecule has 38 heavy (non-hydrogen) atoms. The average molecular weight is 561 g/mol. The second kappa shape index (κ2) is 19.8. The molecule has 9 nitrogen and oxygen atoms in total. The average Bonchev–Trinajstić information content (AvgIpc) is 2.84. The van der Waals surface area contributed by atoms with Gasteiger partial charge < -0.3 is 14.2 Å². The molecule has 0 aromatic carbocycles. The van der Waals surface area contributed by atoms with E-state index in [0.29, 0.717) is 25.7 Å². The SMILES string of the molecule is C=C(C)C(=O)OCC(CCCCCC)(COC(=O)C(=C)C)C(=O)OCCCCCCCCCCS(=O)(=O)O. The molecule has 10 heteroatoms. The predicted octanol–water partition coefficient (Wildman–Crippen LogP) is 5.73. The van der Waals surface area contributed by atoms with Crippen molar-refractivity contribution in [3.63, 3.8) is 0 Å². The van der Waals surface area contributed by atoms with Crippen LogP contribution in [0.25, 0.3) is 0 Å². The maximum atomic E-state index is 13.3. The highest BCUT2D eigenvalue weighted by Crippen LogP contribution is 2.30. The van der Waals surface area contributed by atoms with E-state index < -0.39 is 33.4 Å². The van der Waals surface area contributed by atoms with Crippen molar-refractivity contribution in [2.75, 3.05) is 25.6 Å². The first-order chi connectivity index (χ1) is 17.8. The van der Waals surface area contributed by atoms with Gasteiger partial charge in [-0.3, -0.25) is 9.35 Å². The first kappa shape index (κ1) is 35.8. The van der Waals surface area contributed by atoms with Crippen LogP contribution < -0.4 is 0 Å². The van der Waals surface area contributed by atoms with Crippen LogP contribution in [0, 0.1) is 5.41 Å². The van der Waals surface area contributed by atoms with Gasteiger partial charge in [-0.15, -0.1) is 0 Å². The molecule has 0 fully saturated rings. The highest BCUT2D eigenvalue weighted by molar-refractivity contribution is 7.85. The maximum Gasteiger partial charge on any atom is 0.333 e. The van der Waals surface area contributed by atoms with Crippen LogP contribution in [-0.4, -0.2) is 56.5 Å². The standard InChI is InChI=1S/C28H48O9S/c1-6-7-8-15-18-28(21-36-25(29)23(2)3,22-37-26(30)24(4)5)27(31)35-19-16-13-11-9-10-12-14-17-20-38(32,33)34/h2,4,6-22H2,1,3,5H3,(H,32,33,34). The van der Waals surface area contributed by atoms with Crippen LogP contribution >= 0.6 is 0 Å². The summed E-state index contributed by atoms with van der Waals surface area (Å²) in [6.45, 7) is 11.9. The van der Waals surface area contributed by atoms with E-state index in [1.54, 1.807) is 0 Å². The van der Waals surface area contributed by atoms with Gasteiger partial charge in [-0.1, -0.05) is 84.3 Å². The predicted molar refractivity (Wildman–Crippen MR) is 147 cm³/mol. The van der Waals surface area contributed by atoms with Crippen molar-refractivity contribution in [2.45, 2.75) is 104 Å². The van der Waals surface area contributed by atoms with E-state index in [0.717, 1.165) is 57.8 Å². The minimum atomic E-state index is -3.88. The van der Waals surface area contributed by atoms with E-state index in [1.165, 1.54) is 13.8 Å². The molecular weight excluding hydrogens is 512 g/mol. The minimum absolute atomic E-state index is 0.197. The third-order valence-electron chi connectivity index (χ3n) is 6.13. The van der Waals surface area contributed by atoms with Crippen molar-refractivity contribution < 1.29 is 41.6 Å². The molecule has 0 amide bonds. The van der Waals surface area contributed by atoms with Crippen molar-refractivity contribution in [1.29, 1.82) is 0 Å². The lowest BCUT2D eigenvalue weighted by molar-refractivity contribution is -0.171. The van der Waals surface area contributed by atoms with E-state index in [-0.39, 0.29) is 36.7 Å². The van der Waals surface area contributed by atoms with Crippen LogP contribution in [0.15, 0.2) is 24.3 Å². The number of unbranched alkanes of at least 4 members (excludes halogenated alkanes) is 10. The molecule has 0 saturated carbocycles. The molecule has 1 N–H and O–H groups in total.